The van der Waals surface area contributed by atoms with Gasteiger partial charge in [0.25, 0.3) is 0 Å². The van der Waals surface area contributed by atoms with Gasteiger partial charge in [-0.25, -0.2) is 0 Å². The molecule has 15 heavy (non-hydrogen) atoms. The van der Waals surface area contributed by atoms with Crippen LogP contribution in [0.3, 0.4) is 0 Å². The third kappa shape index (κ3) is 0.843. The van der Waals surface area contributed by atoms with Crippen LogP contribution >= 0.6 is 0 Å². The molecule has 0 heterocycles. The molecule has 4 heteroatoms. The van der Waals surface area contributed by atoms with Crippen molar-refractivity contribution in [2.24, 2.45) is 29.6 Å². The molecule has 0 saturated heterocycles. The second-order valence-corrected chi connectivity index (χ2v) is 4.79. The minimum absolute atomic E-state index is 0.00454. The van der Waals surface area contributed by atoms with Gasteiger partial charge in [0.05, 0.1) is 13.0 Å². The molecule has 5 unspecified atom stereocenters. The van der Waals surface area contributed by atoms with Crippen LogP contribution < -0.4 is 0 Å². The molecule has 4 saturated carbocycles. The van der Waals surface area contributed by atoms with Crippen molar-refractivity contribution in [1.29, 1.82) is 0 Å². The smallest absolute Gasteiger partial charge is 0.309 e. The van der Waals surface area contributed by atoms with E-state index in [9.17, 15) is 4.79 Å². The number of methoxy groups -OCH3 is 3. The maximum Gasteiger partial charge on any atom is 0.309 e. The van der Waals surface area contributed by atoms with E-state index in [1.807, 2.05) is 0 Å². The lowest BCUT2D eigenvalue weighted by atomic mass is 9.95. The molecule has 4 fully saturated rings. The zero-order chi connectivity index (χ0) is 10.8. The van der Waals surface area contributed by atoms with Crippen LogP contribution in [-0.2, 0) is 19.0 Å². The Bertz CT molecular complexity index is 310. The van der Waals surface area contributed by atoms with Gasteiger partial charge >= 0.3 is 5.97 Å². The fourth-order valence-electron chi connectivity index (χ4n) is 4.25. The third-order valence-corrected chi connectivity index (χ3v) is 4.70. The predicted molar refractivity (Wildman–Crippen MR) is 50.8 cm³/mol. The first-order valence-electron chi connectivity index (χ1n) is 5.39. The maximum absolute atomic E-state index is 11.7. The van der Waals surface area contributed by atoms with E-state index in [-0.39, 0.29) is 17.8 Å². The number of hydrogen-bond donors (Lipinski definition) is 0. The summed E-state index contributed by atoms with van der Waals surface area (Å²) in [6.45, 7) is 0. The molecule has 0 radical (unpaired) electrons. The van der Waals surface area contributed by atoms with Crippen LogP contribution in [0.1, 0.15) is 6.42 Å². The fraction of sp³-hybridized carbons (Fsp3) is 0.909. The molecule has 4 rings (SSSR count). The van der Waals surface area contributed by atoms with Crippen LogP contribution in [0.2, 0.25) is 0 Å². The normalized spacial score (nSPS) is 48.1. The molecule has 0 amide bonds. The van der Waals surface area contributed by atoms with E-state index in [1.165, 1.54) is 7.11 Å². The van der Waals surface area contributed by atoms with E-state index in [2.05, 4.69) is 0 Å². The molecular weight excluding hydrogens is 196 g/mol. The summed E-state index contributed by atoms with van der Waals surface area (Å²) in [5.74, 6) is 1.09. The number of esters is 1. The van der Waals surface area contributed by atoms with Gasteiger partial charge in [0, 0.05) is 26.1 Å². The highest BCUT2D eigenvalue weighted by atomic mass is 16.7. The summed E-state index contributed by atoms with van der Waals surface area (Å²) >= 11 is 0. The first-order valence-corrected chi connectivity index (χ1v) is 5.39. The minimum atomic E-state index is -0.506. The Morgan fingerprint density at radius 1 is 1.27 bits per heavy atom. The molecule has 0 N–H and O–H groups in total. The molecule has 4 aliphatic carbocycles. The number of rotatable bonds is 3. The van der Waals surface area contributed by atoms with Crippen molar-refractivity contribution in [3.05, 3.63) is 0 Å². The van der Waals surface area contributed by atoms with Crippen molar-refractivity contribution >= 4 is 5.97 Å². The summed E-state index contributed by atoms with van der Waals surface area (Å²) in [7, 11) is 4.80. The topological polar surface area (TPSA) is 44.8 Å². The second-order valence-electron chi connectivity index (χ2n) is 4.79. The zero-order valence-corrected chi connectivity index (χ0v) is 9.23. The van der Waals surface area contributed by atoms with Crippen LogP contribution in [0.15, 0.2) is 0 Å². The van der Waals surface area contributed by atoms with Gasteiger partial charge in [-0.2, -0.15) is 0 Å². The van der Waals surface area contributed by atoms with Gasteiger partial charge in [0.1, 0.15) is 0 Å². The summed E-state index contributed by atoms with van der Waals surface area (Å²) in [5.41, 5.74) is 0. The maximum atomic E-state index is 11.7. The quantitative estimate of drug-likeness (QED) is 0.509. The summed E-state index contributed by atoms with van der Waals surface area (Å²) in [4.78, 5) is 11.7. The number of carbonyl (C=O) groups excluding carboxylic acids is 1. The van der Waals surface area contributed by atoms with Crippen LogP contribution in [0.4, 0.5) is 0 Å². The van der Waals surface area contributed by atoms with Gasteiger partial charge in [0.15, 0.2) is 5.79 Å². The van der Waals surface area contributed by atoms with E-state index in [0.29, 0.717) is 17.8 Å². The Hall–Kier alpha value is -0.610. The van der Waals surface area contributed by atoms with Crippen molar-refractivity contribution in [2.45, 2.75) is 12.2 Å². The van der Waals surface area contributed by atoms with Gasteiger partial charge in [-0.15, -0.1) is 0 Å². The highest BCUT2D eigenvalue weighted by Gasteiger charge is 2.83. The van der Waals surface area contributed by atoms with Gasteiger partial charge in [0.2, 0.25) is 0 Å². The minimum Gasteiger partial charge on any atom is -0.469 e. The molecular formula is C11H16O4. The molecule has 4 aliphatic rings. The van der Waals surface area contributed by atoms with Crippen LogP contribution in [0, 0.1) is 29.6 Å². The lowest BCUT2D eigenvalue weighted by Crippen LogP contribution is -2.40. The van der Waals surface area contributed by atoms with Crippen molar-refractivity contribution < 1.29 is 19.0 Å². The molecule has 84 valence electrons. The molecule has 0 aliphatic heterocycles. The fourth-order valence-corrected chi connectivity index (χ4v) is 4.25. The first-order chi connectivity index (χ1) is 7.21. The highest BCUT2D eigenvalue weighted by molar-refractivity contribution is 5.76. The van der Waals surface area contributed by atoms with Crippen LogP contribution in [-0.4, -0.2) is 33.1 Å². The average molecular weight is 212 g/mol. The van der Waals surface area contributed by atoms with Gasteiger partial charge < -0.3 is 14.2 Å². The third-order valence-electron chi connectivity index (χ3n) is 4.70. The lowest BCUT2D eigenvalue weighted by molar-refractivity contribution is -0.234. The predicted octanol–water partition coefficient (Wildman–Crippen LogP) is 0.660. The SMILES string of the molecule is COC(=O)C1C2C3CC1C(OC)(OC)C32. The molecule has 4 nitrogen and oxygen atoms in total. The van der Waals surface area contributed by atoms with E-state index in [4.69, 9.17) is 14.2 Å². The summed E-state index contributed by atoms with van der Waals surface area (Å²) in [5, 5.41) is 0. The van der Waals surface area contributed by atoms with E-state index < -0.39 is 5.79 Å². The highest BCUT2D eigenvalue weighted by Crippen LogP contribution is 2.78. The first kappa shape index (κ1) is 9.60. The van der Waals surface area contributed by atoms with Crippen molar-refractivity contribution in [3.8, 4) is 0 Å². The number of hydrogen-bond acceptors (Lipinski definition) is 4. The Balaban J connectivity index is 1.93. The van der Waals surface area contributed by atoms with Crippen molar-refractivity contribution in [1.82, 2.24) is 0 Å². The Morgan fingerprint density at radius 2 is 1.93 bits per heavy atom. The number of ether oxygens (including phenoxy) is 3. The molecule has 5 atom stereocenters. The second kappa shape index (κ2) is 2.74. The zero-order valence-electron chi connectivity index (χ0n) is 9.23. The van der Waals surface area contributed by atoms with Crippen LogP contribution in [0.25, 0.3) is 0 Å². The Morgan fingerprint density at radius 3 is 2.33 bits per heavy atom. The molecule has 0 spiro atoms. The lowest BCUT2D eigenvalue weighted by Gasteiger charge is -2.31. The van der Waals surface area contributed by atoms with E-state index in [1.54, 1.807) is 14.2 Å². The molecule has 4 bridgehead atoms. The Kier molecular flexibility index (Phi) is 1.75. The van der Waals surface area contributed by atoms with Crippen molar-refractivity contribution in [3.63, 3.8) is 0 Å². The average Bonchev–Trinajstić information content (AvgIpc) is 2.66. The van der Waals surface area contributed by atoms with Gasteiger partial charge in [-0.3, -0.25) is 4.79 Å². The molecule has 0 aromatic carbocycles. The van der Waals surface area contributed by atoms with Crippen LogP contribution in [0.5, 0.6) is 0 Å². The molecule has 0 aromatic heterocycles. The summed E-state index contributed by atoms with van der Waals surface area (Å²) in [6.07, 6.45) is 1.05. The summed E-state index contributed by atoms with van der Waals surface area (Å²) in [6, 6.07) is 0. The van der Waals surface area contributed by atoms with Gasteiger partial charge in [-0.05, 0) is 18.3 Å². The van der Waals surface area contributed by atoms with Crippen molar-refractivity contribution in [2.75, 3.05) is 21.3 Å². The monoisotopic (exact) mass is 212 g/mol. The molecule has 0 aromatic rings. The van der Waals surface area contributed by atoms with E-state index in [0.717, 1.165) is 6.42 Å². The summed E-state index contributed by atoms with van der Waals surface area (Å²) < 4.78 is 16.0. The Labute approximate surface area is 88.9 Å². The number of carbonyl (C=O) groups is 1. The standard InChI is InChI=1S/C11H16O4/c1-13-10(12)8-6-4-5-7(8)9(5)11(6,14-2)15-3/h5-9H,4H2,1-3H3. The van der Waals surface area contributed by atoms with E-state index >= 15 is 0 Å². The largest absolute Gasteiger partial charge is 0.469 e. The van der Waals surface area contributed by atoms with Gasteiger partial charge in [-0.1, -0.05) is 0 Å².